The fourth-order valence-electron chi connectivity index (χ4n) is 1.93. The van der Waals surface area contributed by atoms with Crippen LogP contribution in [0.15, 0.2) is 41.3 Å². The largest absolute Gasteiger partial charge is 0.398 e. The number of nitrogens with one attached hydrogen (secondary N) is 2. The topological polar surface area (TPSA) is 79.6 Å². The molecule has 4 N–H and O–H groups in total. The molecule has 0 saturated heterocycles. The summed E-state index contributed by atoms with van der Waals surface area (Å²) >= 11 is 3.41. The number of hydrogen-bond donors (Lipinski definition) is 3. The lowest BCUT2D eigenvalue weighted by Crippen LogP contribution is -2.01. The molecule has 0 spiro atoms. The number of nitrogens with zero attached hydrogens (tertiary/aromatic N) is 2. The van der Waals surface area contributed by atoms with E-state index in [0.29, 0.717) is 6.54 Å². The van der Waals surface area contributed by atoms with Crippen molar-refractivity contribution < 1.29 is 0 Å². The van der Waals surface area contributed by atoms with Crippen LogP contribution in [0.3, 0.4) is 0 Å². The monoisotopic (exact) mass is 317 g/mol. The minimum absolute atomic E-state index is 0.688. The quantitative estimate of drug-likeness (QED) is 0.649. The second-order valence-corrected chi connectivity index (χ2v) is 5.13. The van der Waals surface area contributed by atoms with Crippen LogP contribution in [0.5, 0.6) is 0 Å². The number of nitrogen functional groups attached to an aromatic ring is 1. The molecule has 0 aliphatic heterocycles. The Morgan fingerprint density at radius 1 is 1.32 bits per heavy atom. The number of hydrogen-bond acceptors (Lipinski definition) is 4. The Morgan fingerprint density at radius 3 is 3.00 bits per heavy atom. The first-order valence-corrected chi connectivity index (χ1v) is 6.58. The molecule has 96 valence electrons. The molecule has 3 aromatic rings. The predicted octanol–water partition coefficient (Wildman–Crippen LogP) is 2.91. The lowest BCUT2D eigenvalue weighted by atomic mass is 10.1. The van der Waals surface area contributed by atoms with Gasteiger partial charge in [0, 0.05) is 40.0 Å². The van der Waals surface area contributed by atoms with E-state index in [9.17, 15) is 0 Å². The lowest BCUT2D eigenvalue weighted by Gasteiger charge is -2.10. The lowest BCUT2D eigenvalue weighted by molar-refractivity contribution is 1.09. The molecule has 0 aliphatic rings. The molecule has 19 heavy (non-hydrogen) atoms. The van der Waals surface area contributed by atoms with Gasteiger partial charge in [0.15, 0.2) is 0 Å². The third kappa shape index (κ3) is 2.39. The van der Waals surface area contributed by atoms with Crippen molar-refractivity contribution in [2.75, 3.05) is 11.1 Å². The van der Waals surface area contributed by atoms with Gasteiger partial charge in [0.1, 0.15) is 0 Å². The molecule has 0 aliphatic carbocycles. The van der Waals surface area contributed by atoms with E-state index in [-0.39, 0.29) is 0 Å². The number of aromatic amines is 1. The molecule has 6 heteroatoms. The van der Waals surface area contributed by atoms with Crippen LogP contribution in [0.2, 0.25) is 0 Å². The van der Waals surface area contributed by atoms with Gasteiger partial charge in [-0.05, 0) is 34.1 Å². The summed E-state index contributed by atoms with van der Waals surface area (Å²) in [6.45, 7) is 0.688. The second kappa shape index (κ2) is 4.89. The van der Waals surface area contributed by atoms with Crippen LogP contribution < -0.4 is 11.1 Å². The van der Waals surface area contributed by atoms with Gasteiger partial charge in [-0.25, -0.2) is 0 Å². The Morgan fingerprint density at radius 2 is 2.21 bits per heavy atom. The van der Waals surface area contributed by atoms with Crippen LogP contribution in [0.4, 0.5) is 11.4 Å². The first kappa shape index (κ1) is 12.0. The minimum atomic E-state index is 0.688. The summed E-state index contributed by atoms with van der Waals surface area (Å²) in [4.78, 5) is 4.43. The maximum atomic E-state index is 5.98. The third-order valence-corrected chi connectivity index (χ3v) is 3.32. The Kier molecular flexibility index (Phi) is 3.08. The van der Waals surface area contributed by atoms with Gasteiger partial charge >= 0.3 is 0 Å². The summed E-state index contributed by atoms with van der Waals surface area (Å²) in [5.41, 5.74) is 9.61. The van der Waals surface area contributed by atoms with Crippen molar-refractivity contribution in [3.05, 3.63) is 46.8 Å². The highest BCUT2D eigenvalue weighted by Crippen LogP contribution is 2.29. The number of H-pyrrole nitrogens is 1. The Balaban J connectivity index is 1.97. The van der Waals surface area contributed by atoms with Gasteiger partial charge in [0.25, 0.3) is 0 Å². The Hall–Kier alpha value is -2.08. The molecular weight excluding hydrogens is 306 g/mol. The van der Waals surface area contributed by atoms with Crippen LogP contribution in [-0.2, 0) is 6.54 Å². The summed E-state index contributed by atoms with van der Waals surface area (Å²) in [6, 6.07) is 5.80. The number of halogens is 1. The molecule has 0 atom stereocenters. The van der Waals surface area contributed by atoms with Crippen LogP contribution in [0.1, 0.15) is 5.56 Å². The molecule has 3 rings (SSSR count). The van der Waals surface area contributed by atoms with Gasteiger partial charge in [-0.15, -0.1) is 0 Å². The van der Waals surface area contributed by atoms with Crippen molar-refractivity contribution in [1.82, 2.24) is 15.2 Å². The van der Waals surface area contributed by atoms with Gasteiger partial charge in [0.2, 0.25) is 0 Å². The van der Waals surface area contributed by atoms with E-state index in [1.165, 1.54) is 0 Å². The zero-order chi connectivity index (χ0) is 13.2. The molecule has 0 amide bonds. The zero-order valence-corrected chi connectivity index (χ0v) is 11.6. The van der Waals surface area contributed by atoms with Crippen molar-refractivity contribution >= 4 is 38.2 Å². The fourth-order valence-corrected chi connectivity index (χ4v) is 2.26. The average Bonchev–Trinajstić information content (AvgIpc) is 2.92. The molecule has 2 heterocycles. The molecule has 0 unspecified atom stereocenters. The Labute approximate surface area is 118 Å². The summed E-state index contributed by atoms with van der Waals surface area (Å²) in [6.07, 6.45) is 5.41. The van der Waals surface area contributed by atoms with Gasteiger partial charge in [-0.1, -0.05) is 0 Å². The van der Waals surface area contributed by atoms with Gasteiger partial charge in [-0.2, -0.15) is 5.10 Å². The van der Waals surface area contributed by atoms with Crippen molar-refractivity contribution in [2.45, 2.75) is 6.54 Å². The number of nitrogens with two attached hydrogens (primary N) is 1. The first-order chi connectivity index (χ1) is 9.24. The summed E-state index contributed by atoms with van der Waals surface area (Å²) < 4.78 is 0.915. The number of benzene rings is 1. The number of rotatable bonds is 3. The van der Waals surface area contributed by atoms with Crippen LogP contribution in [0, 0.1) is 0 Å². The molecule has 1 aromatic carbocycles. The highest BCUT2D eigenvalue weighted by atomic mass is 79.9. The number of aromatic nitrogens is 3. The molecule has 0 saturated carbocycles. The Bertz CT molecular complexity index is 708. The summed E-state index contributed by atoms with van der Waals surface area (Å²) in [5, 5.41) is 11.0. The highest BCUT2D eigenvalue weighted by Gasteiger charge is 2.06. The van der Waals surface area contributed by atoms with E-state index < -0.39 is 0 Å². The van der Waals surface area contributed by atoms with Crippen molar-refractivity contribution in [2.24, 2.45) is 0 Å². The summed E-state index contributed by atoms with van der Waals surface area (Å²) in [7, 11) is 0. The molecule has 0 bridgehead atoms. The molecular formula is C13H12BrN5. The van der Waals surface area contributed by atoms with E-state index in [0.717, 1.165) is 32.3 Å². The predicted molar refractivity (Wildman–Crippen MR) is 79.8 cm³/mol. The van der Waals surface area contributed by atoms with E-state index in [1.807, 2.05) is 24.4 Å². The van der Waals surface area contributed by atoms with Crippen LogP contribution in [-0.4, -0.2) is 15.2 Å². The van der Waals surface area contributed by atoms with Crippen molar-refractivity contribution in [1.29, 1.82) is 0 Å². The number of fused-ring (bicyclic) bond motifs is 1. The number of anilines is 2. The van der Waals surface area contributed by atoms with Crippen LogP contribution in [0.25, 0.3) is 10.9 Å². The SMILES string of the molecule is Nc1ccc(NCc2cn[nH]c2)c2ncc(Br)cc12. The molecule has 0 fully saturated rings. The van der Waals surface area contributed by atoms with Crippen molar-refractivity contribution in [3.8, 4) is 0 Å². The second-order valence-electron chi connectivity index (χ2n) is 4.21. The third-order valence-electron chi connectivity index (χ3n) is 2.89. The zero-order valence-electron chi connectivity index (χ0n) is 10.0. The normalized spacial score (nSPS) is 10.8. The smallest absolute Gasteiger partial charge is 0.0954 e. The van der Waals surface area contributed by atoms with E-state index in [4.69, 9.17) is 5.73 Å². The van der Waals surface area contributed by atoms with Gasteiger partial charge in [-0.3, -0.25) is 10.1 Å². The minimum Gasteiger partial charge on any atom is -0.398 e. The highest BCUT2D eigenvalue weighted by molar-refractivity contribution is 9.10. The molecule has 5 nitrogen and oxygen atoms in total. The van der Waals surface area contributed by atoms with E-state index >= 15 is 0 Å². The van der Waals surface area contributed by atoms with Crippen molar-refractivity contribution in [3.63, 3.8) is 0 Å². The average molecular weight is 318 g/mol. The summed E-state index contributed by atoms with van der Waals surface area (Å²) in [5.74, 6) is 0. The first-order valence-electron chi connectivity index (χ1n) is 5.79. The number of pyridine rings is 1. The van der Waals surface area contributed by atoms with Gasteiger partial charge in [0.05, 0.1) is 17.4 Å². The van der Waals surface area contributed by atoms with E-state index in [2.05, 4.69) is 36.4 Å². The van der Waals surface area contributed by atoms with E-state index in [1.54, 1.807) is 12.4 Å². The van der Waals surface area contributed by atoms with Crippen LogP contribution >= 0.6 is 15.9 Å². The maximum absolute atomic E-state index is 5.98. The molecule has 0 radical (unpaired) electrons. The fraction of sp³-hybridized carbons (Fsp3) is 0.0769. The molecule has 2 aromatic heterocycles. The van der Waals surface area contributed by atoms with Gasteiger partial charge < -0.3 is 11.1 Å². The maximum Gasteiger partial charge on any atom is 0.0954 e. The standard InChI is InChI=1S/C13H12BrN5/c14-9-3-10-11(15)1-2-12(13(10)17-7-9)16-4-8-5-18-19-6-8/h1-3,5-7,16H,4,15H2,(H,18,19).